The van der Waals surface area contributed by atoms with E-state index >= 15 is 0 Å². The molecule has 2 N–H and O–H groups in total. The number of nitrogens with zero attached hydrogens (tertiary/aromatic N) is 3. The maximum absolute atomic E-state index is 14.1. The third-order valence-electron chi connectivity index (χ3n) is 4.82. The van der Waals surface area contributed by atoms with Gasteiger partial charge in [0.25, 0.3) is 0 Å². The molecule has 0 atom stereocenters. The molecule has 1 fully saturated rings. The van der Waals surface area contributed by atoms with Gasteiger partial charge in [0.2, 0.25) is 0 Å². The van der Waals surface area contributed by atoms with E-state index < -0.39 is 11.9 Å². The molecule has 0 bridgehead atoms. The van der Waals surface area contributed by atoms with Crippen LogP contribution in [-0.4, -0.2) is 28.8 Å². The number of rotatable bonds is 6. The van der Waals surface area contributed by atoms with Gasteiger partial charge in [-0.2, -0.15) is 18.3 Å². The second-order valence-electron chi connectivity index (χ2n) is 6.98. The number of benzene rings is 1. The molecule has 1 aliphatic rings. The van der Waals surface area contributed by atoms with Crippen molar-refractivity contribution in [1.82, 2.24) is 20.4 Å². The van der Waals surface area contributed by atoms with Crippen molar-refractivity contribution >= 4 is 5.96 Å². The Labute approximate surface area is 160 Å². The molecular formula is C19H23F4N5. The first-order valence-corrected chi connectivity index (χ1v) is 9.12. The summed E-state index contributed by atoms with van der Waals surface area (Å²) >= 11 is 0. The largest absolute Gasteiger partial charge is 0.435 e. The smallest absolute Gasteiger partial charge is 0.357 e. The molecule has 1 aliphatic carbocycles. The summed E-state index contributed by atoms with van der Waals surface area (Å²) in [6, 6.07) is 6.67. The van der Waals surface area contributed by atoms with E-state index in [-0.39, 0.29) is 23.3 Å². The number of alkyl halides is 3. The van der Waals surface area contributed by atoms with Gasteiger partial charge in [0.1, 0.15) is 5.82 Å². The minimum absolute atomic E-state index is 0.00226. The molecule has 1 aromatic heterocycles. The topological polar surface area (TPSA) is 54.2 Å². The lowest BCUT2D eigenvalue weighted by atomic mass is 9.95. The van der Waals surface area contributed by atoms with Gasteiger partial charge in [-0.15, -0.1) is 0 Å². The molecule has 152 valence electrons. The highest BCUT2D eigenvalue weighted by Crippen LogP contribution is 2.48. The Hall–Kier alpha value is -2.58. The number of nitrogens with one attached hydrogen (secondary N) is 2. The number of hydrogen-bond donors (Lipinski definition) is 2. The Kier molecular flexibility index (Phi) is 5.62. The normalized spacial score (nSPS) is 16.1. The molecule has 1 saturated carbocycles. The Balaban J connectivity index is 1.72. The number of aliphatic imine (C=N–C) groups is 1. The fourth-order valence-corrected chi connectivity index (χ4v) is 3.23. The zero-order valence-electron chi connectivity index (χ0n) is 15.8. The molecule has 0 spiro atoms. The van der Waals surface area contributed by atoms with Crippen LogP contribution in [0.5, 0.6) is 0 Å². The van der Waals surface area contributed by atoms with E-state index in [0.717, 1.165) is 17.5 Å². The summed E-state index contributed by atoms with van der Waals surface area (Å²) in [6.45, 7) is 2.72. The van der Waals surface area contributed by atoms with Crippen LogP contribution in [0.25, 0.3) is 0 Å². The van der Waals surface area contributed by atoms with Crippen molar-refractivity contribution in [3.05, 3.63) is 53.1 Å². The summed E-state index contributed by atoms with van der Waals surface area (Å²) in [5.74, 6) is 0.149. The highest BCUT2D eigenvalue weighted by atomic mass is 19.4. The Morgan fingerprint density at radius 2 is 1.96 bits per heavy atom. The summed E-state index contributed by atoms with van der Waals surface area (Å²) in [4.78, 5) is 4.27. The molecule has 0 radical (unpaired) electrons. The van der Waals surface area contributed by atoms with Crippen LogP contribution in [0.1, 0.15) is 36.6 Å². The third kappa shape index (κ3) is 4.45. The Morgan fingerprint density at radius 1 is 1.25 bits per heavy atom. The number of hydrogen-bond acceptors (Lipinski definition) is 2. The molecule has 1 heterocycles. The molecular weight excluding hydrogens is 374 g/mol. The number of guanidine groups is 1. The lowest BCUT2D eigenvalue weighted by Crippen LogP contribution is -2.41. The Bertz CT molecular complexity index is 852. The van der Waals surface area contributed by atoms with Crippen molar-refractivity contribution in [1.29, 1.82) is 0 Å². The van der Waals surface area contributed by atoms with Crippen LogP contribution in [0, 0.1) is 5.82 Å². The van der Waals surface area contributed by atoms with Gasteiger partial charge in [0.05, 0.1) is 6.54 Å². The first kappa shape index (κ1) is 20.2. The second kappa shape index (κ2) is 7.81. The zero-order chi connectivity index (χ0) is 20.4. The lowest BCUT2D eigenvalue weighted by molar-refractivity contribution is -0.142. The zero-order valence-corrected chi connectivity index (χ0v) is 15.8. The average molecular weight is 397 g/mol. The van der Waals surface area contributed by atoms with Gasteiger partial charge < -0.3 is 10.6 Å². The number of aromatic nitrogens is 2. The highest BCUT2D eigenvalue weighted by molar-refractivity contribution is 5.80. The van der Waals surface area contributed by atoms with Crippen molar-refractivity contribution in [2.75, 3.05) is 13.1 Å². The molecule has 0 aliphatic heterocycles. The molecule has 0 unspecified atom stereocenters. The molecule has 2 aromatic rings. The summed E-state index contributed by atoms with van der Waals surface area (Å²) in [6.07, 6.45) is -1.51. The van der Waals surface area contributed by atoms with Crippen LogP contribution in [-0.2, 0) is 25.2 Å². The molecule has 9 heteroatoms. The summed E-state index contributed by atoms with van der Waals surface area (Å²) in [5.41, 5.74) is -0.570. The predicted molar refractivity (Wildman–Crippen MR) is 98.3 cm³/mol. The van der Waals surface area contributed by atoms with Crippen LogP contribution in [0.2, 0.25) is 0 Å². The van der Waals surface area contributed by atoms with Gasteiger partial charge in [0.15, 0.2) is 11.7 Å². The van der Waals surface area contributed by atoms with Gasteiger partial charge in [-0.3, -0.25) is 4.68 Å². The first-order valence-electron chi connectivity index (χ1n) is 9.12. The van der Waals surface area contributed by atoms with Crippen LogP contribution in [0.4, 0.5) is 17.6 Å². The standard InChI is InChI=1S/C19H23F4N5/c1-3-24-17(25-10-13-11-28(2)27-16(13)19(21,22)23)26-12-18(8-9-18)14-6-4-5-7-15(14)20/h4-7,11H,3,8-10,12H2,1-2H3,(H2,24,25,26). The van der Waals surface area contributed by atoms with Gasteiger partial charge in [-0.25, -0.2) is 9.38 Å². The van der Waals surface area contributed by atoms with Gasteiger partial charge >= 0.3 is 6.18 Å². The van der Waals surface area contributed by atoms with Crippen LogP contribution < -0.4 is 10.6 Å². The van der Waals surface area contributed by atoms with E-state index in [9.17, 15) is 17.6 Å². The lowest BCUT2D eigenvalue weighted by Gasteiger charge is -2.19. The minimum atomic E-state index is -4.53. The summed E-state index contributed by atoms with van der Waals surface area (Å²) < 4.78 is 54.5. The van der Waals surface area contributed by atoms with Crippen molar-refractivity contribution in [2.45, 2.75) is 37.9 Å². The van der Waals surface area contributed by atoms with Crippen molar-refractivity contribution in [3.63, 3.8) is 0 Å². The fraction of sp³-hybridized carbons (Fsp3) is 0.474. The van der Waals surface area contributed by atoms with Crippen molar-refractivity contribution in [2.24, 2.45) is 12.0 Å². The van der Waals surface area contributed by atoms with Gasteiger partial charge in [-0.1, -0.05) is 18.2 Å². The molecule has 28 heavy (non-hydrogen) atoms. The van der Waals surface area contributed by atoms with Gasteiger partial charge in [0, 0.05) is 37.3 Å². The Morgan fingerprint density at radius 3 is 2.57 bits per heavy atom. The molecule has 0 saturated heterocycles. The van der Waals surface area contributed by atoms with Crippen LogP contribution in [0.3, 0.4) is 0 Å². The van der Waals surface area contributed by atoms with Gasteiger partial charge in [-0.05, 0) is 31.4 Å². The maximum Gasteiger partial charge on any atom is 0.435 e. The second-order valence-corrected chi connectivity index (χ2v) is 6.98. The fourth-order valence-electron chi connectivity index (χ4n) is 3.23. The quantitative estimate of drug-likeness (QED) is 0.447. The van der Waals surface area contributed by atoms with Crippen molar-refractivity contribution < 1.29 is 17.6 Å². The maximum atomic E-state index is 14.1. The summed E-state index contributed by atoms with van der Waals surface area (Å²) in [7, 11) is 1.44. The first-order chi connectivity index (χ1) is 13.2. The van der Waals surface area contributed by atoms with E-state index in [1.165, 1.54) is 19.3 Å². The van der Waals surface area contributed by atoms with E-state index in [1.54, 1.807) is 18.2 Å². The minimum Gasteiger partial charge on any atom is -0.357 e. The summed E-state index contributed by atoms with van der Waals surface area (Å²) in [5, 5.41) is 9.66. The van der Waals surface area contributed by atoms with E-state index in [1.807, 2.05) is 6.92 Å². The monoisotopic (exact) mass is 397 g/mol. The number of aryl methyl sites for hydroxylation is 1. The van der Waals surface area contributed by atoms with Crippen LogP contribution in [0.15, 0.2) is 35.5 Å². The van der Waals surface area contributed by atoms with E-state index in [0.29, 0.717) is 24.6 Å². The molecule has 1 aromatic carbocycles. The molecule has 3 rings (SSSR count). The van der Waals surface area contributed by atoms with E-state index in [2.05, 4.69) is 20.7 Å². The highest BCUT2D eigenvalue weighted by Gasteiger charge is 2.45. The predicted octanol–water partition coefficient (Wildman–Crippen LogP) is 3.36. The molecule has 0 amide bonds. The third-order valence-corrected chi connectivity index (χ3v) is 4.82. The average Bonchev–Trinajstić information content (AvgIpc) is 3.31. The van der Waals surface area contributed by atoms with E-state index in [4.69, 9.17) is 0 Å². The SMILES string of the molecule is CCNC(=NCc1cn(C)nc1C(F)(F)F)NCC1(c2ccccc2F)CC1. The number of halogens is 4. The molecule has 5 nitrogen and oxygen atoms in total. The van der Waals surface area contributed by atoms with Crippen LogP contribution >= 0.6 is 0 Å². The van der Waals surface area contributed by atoms with Crippen molar-refractivity contribution in [3.8, 4) is 0 Å².